The molecule has 0 amide bonds. The Morgan fingerprint density at radius 3 is 2.58 bits per heavy atom. The Morgan fingerprint density at radius 1 is 1.16 bits per heavy atom. The van der Waals surface area contributed by atoms with Gasteiger partial charge in [0.15, 0.2) is 6.61 Å². The Balaban J connectivity index is 1.59. The van der Waals surface area contributed by atoms with E-state index >= 15 is 0 Å². The lowest BCUT2D eigenvalue weighted by atomic mass is 10.1. The summed E-state index contributed by atoms with van der Waals surface area (Å²) in [5, 5.41) is 20.5. The number of aliphatic carboxylic acids is 1. The molecule has 2 aromatic heterocycles. The van der Waals surface area contributed by atoms with Crippen LogP contribution >= 0.6 is 11.3 Å². The van der Waals surface area contributed by atoms with Gasteiger partial charge in [0.1, 0.15) is 5.75 Å². The molecule has 0 fully saturated rings. The largest absolute Gasteiger partial charge is 0.482 e. The van der Waals surface area contributed by atoms with Gasteiger partial charge in [-0.1, -0.05) is 0 Å². The number of alkyl halides is 3. The van der Waals surface area contributed by atoms with Crippen LogP contribution in [0.2, 0.25) is 0 Å². The molecule has 160 valence electrons. The molecule has 31 heavy (non-hydrogen) atoms. The molecule has 0 saturated heterocycles. The van der Waals surface area contributed by atoms with Crippen molar-refractivity contribution >= 4 is 27.4 Å². The summed E-state index contributed by atoms with van der Waals surface area (Å²) in [6, 6.07) is 10.0. The van der Waals surface area contributed by atoms with Crippen LogP contribution in [0.25, 0.3) is 15.8 Å². The van der Waals surface area contributed by atoms with E-state index in [1.54, 1.807) is 30.4 Å². The van der Waals surface area contributed by atoms with Crippen molar-refractivity contribution in [3.8, 4) is 11.4 Å². The molecule has 2 aromatic carbocycles. The van der Waals surface area contributed by atoms with Gasteiger partial charge in [-0.3, -0.25) is 0 Å². The van der Waals surface area contributed by atoms with E-state index in [0.29, 0.717) is 29.2 Å². The van der Waals surface area contributed by atoms with Crippen molar-refractivity contribution in [2.75, 3.05) is 6.61 Å². The molecule has 10 heteroatoms. The Hall–Kier alpha value is -3.40. The van der Waals surface area contributed by atoms with Gasteiger partial charge >= 0.3 is 12.1 Å². The molecule has 1 N–H and O–H groups in total. The number of fused-ring (bicyclic) bond motifs is 1. The number of hydrogen-bond acceptors (Lipinski definition) is 5. The van der Waals surface area contributed by atoms with E-state index in [1.165, 1.54) is 16.9 Å². The van der Waals surface area contributed by atoms with Crippen molar-refractivity contribution in [3.05, 3.63) is 70.4 Å². The number of hydrogen-bond donors (Lipinski definition) is 1. The van der Waals surface area contributed by atoms with E-state index in [4.69, 9.17) is 9.84 Å². The van der Waals surface area contributed by atoms with Gasteiger partial charge in [-0.15, -0.1) is 11.3 Å². The predicted molar refractivity (Wildman–Crippen MR) is 109 cm³/mol. The Bertz CT molecular complexity index is 1250. The van der Waals surface area contributed by atoms with Gasteiger partial charge in [-0.2, -0.15) is 28.2 Å². The van der Waals surface area contributed by atoms with Crippen LogP contribution in [0.5, 0.6) is 5.75 Å². The topological polar surface area (TPSA) is 77.2 Å². The first kappa shape index (κ1) is 20.9. The molecular formula is C21H16F3N3O3S. The summed E-state index contributed by atoms with van der Waals surface area (Å²) in [5.41, 5.74) is 2.03. The second-order valence-electron chi connectivity index (χ2n) is 6.84. The molecular weight excluding hydrogens is 431 g/mol. The van der Waals surface area contributed by atoms with Crippen LogP contribution in [-0.4, -0.2) is 32.7 Å². The van der Waals surface area contributed by atoms with Crippen LogP contribution in [0, 0.1) is 6.92 Å². The first-order chi connectivity index (χ1) is 14.7. The summed E-state index contributed by atoms with van der Waals surface area (Å²) in [6.45, 7) is 1.37. The highest BCUT2D eigenvalue weighted by Crippen LogP contribution is 2.32. The molecule has 0 saturated carbocycles. The van der Waals surface area contributed by atoms with Crippen LogP contribution in [0.1, 0.15) is 22.5 Å². The first-order valence-corrected chi connectivity index (χ1v) is 10.0. The number of benzene rings is 2. The van der Waals surface area contributed by atoms with Crippen molar-refractivity contribution in [2.45, 2.75) is 19.5 Å². The maximum Gasteiger partial charge on any atom is 0.416 e. The Labute approximate surface area is 178 Å². The molecule has 6 nitrogen and oxygen atoms in total. The third kappa shape index (κ3) is 4.53. The normalized spacial score (nSPS) is 11.7. The SMILES string of the molecule is Cc1nn(-c2ccc(C(F)(F)F)cc2)nc1Cc1csc2ccc(OCC(=O)O)cc12. The van der Waals surface area contributed by atoms with Crippen LogP contribution in [-0.2, 0) is 17.4 Å². The maximum atomic E-state index is 12.8. The average Bonchev–Trinajstić information content (AvgIpc) is 3.29. The highest BCUT2D eigenvalue weighted by Gasteiger charge is 2.30. The van der Waals surface area contributed by atoms with Crippen molar-refractivity contribution < 1.29 is 27.8 Å². The number of ether oxygens (including phenoxy) is 1. The quantitative estimate of drug-likeness (QED) is 0.457. The number of halogens is 3. The minimum atomic E-state index is -4.40. The molecule has 0 radical (unpaired) electrons. The highest BCUT2D eigenvalue weighted by molar-refractivity contribution is 7.17. The fourth-order valence-corrected chi connectivity index (χ4v) is 4.03. The number of carbonyl (C=O) groups is 1. The van der Waals surface area contributed by atoms with Gasteiger partial charge in [0, 0.05) is 11.1 Å². The molecule has 2 heterocycles. The lowest BCUT2D eigenvalue weighted by molar-refractivity contribution is -0.139. The third-order valence-corrected chi connectivity index (χ3v) is 5.66. The number of nitrogens with zero attached hydrogens (tertiary/aromatic N) is 3. The number of aromatic nitrogens is 3. The second kappa shape index (κ2) is 8.03. The van der Waals surface area contributed by atoms with E-state index in [-0.39, 0.29) is 0 Å². The summed E-state index contributed by atoms with van der Waals surface area (Å²) < 4.78 is 44.6. The van der Waals surface area contributed by atoms with E-state index in [1.807, 2.05) is 11.4 Å². The van der Waals surface area contributed by atoms with E-state index in [0.717, 1.165) is 27.8 Å². The zero-order chi connectivity index (χ0) is 22.2. The fourth-order valence-electron chi connectivity index (χ4n) is 3.08. The summed E-state index contributed by atoms with van der Waals surface area (Å²) in [7, 11) is 0. The third-order valence-electron chi connectivity index (χ3n) is 4.65. The zero-order valence-electron chi connectivity index (χ0n) is 16.2. The van der Waals surface area contributed by atoms with Gasteiger partial charge < -0.3 is 9.84 Å². The number of aryl methyl sites for hydroxylation is 1. The molecule has 0 spiro atoms. The van der Waals surface area contributed by atoms with Gasteiger partial charge in [-0.25, -0.2) is 4.79 Å². The first-order valence-electron chi connectivity index (χ1n) is 9.16. The minimum Gasteiger partial charge on any atom is -0.482 e. The summed E-state index contributed by atoms with van der Waals surface area (Å²) >= 11 is 1.55. The number of carboxylic acids is 1. The standard InChI is InChI=1S/C21H16F3N3O3S/c1-12-18(26-27(25-12)15-4-2-14(3-5-15)21(22,23)24)8-13-11-31-19-7-6-16(9-17(13)19)30-10-20(28)29/h2-7,9,11H,8,10H2,1H3,(H,28,29). The maximum absolute atomic E-state index is 12.8. The fraction of sp³-hybridized carbons (Fsp3) is 0.190. The van der Waals surface area contributed by atoms with Crippen molar-refractivity contribution in [3.63, 3.8) is 0 Å². The lowest BCUT2D eigenvalue weighted by Gasteiger charge is -2.06. The van der Waals surface area contributed by atoms with E-state index in [2.05, 4.69) is 10.2 Å². The van der Waals surface area contributed by atoms with Gasteiger partial charge in [0.2, 0.25) is 0 Å². The molecule has 0 bridgehead atoms. The Morgan fingerprint density at radius 2 is 1.90 bits per heavy atom. The summed E-state index contributed by atoms with van der Waals surface area (Å²) in [5.74, 6) is -0.596. The van der Waals surface area contributed by atoms with Gasteiger partial charge in [0.25, 0.3) is 0 Å². The smallest absolute Gasteiger partial charge is 0.416 e. The number of rotatable bonds is 6. The molecule has 0 aliphatic heterocycles. The van der Waals surface area contributed by atoms with Gasteiger partial charge in [-0.05, 0) is 65.7 Å². The van der Waals surface area contributed by atoms with Crippen molar-refractivity contribution in [1.82, 2.24) is 15.0 Å². The minimum absolute atomic E-state index is 0.425. The molecule has 4 rings (SSSR count). The monoisotopic (exact) mass is 447 g/mol. The molecule has 0 atom stereocenters. The Kier molecular flexibility index (Phi) is 5.40. The number of thiophene rings is 1. The van der Waals surface area contributed by atoms with Crippen molar-refractivity contribution in [2.24, 2.45) is 0 Å². The van der Waals surface area contributed by atoms with Crippen LogP contribution < -0.4 is 4.74 Å². The lowest BCUT2D eigenvalue weighted by Crippen LogP contribution is -2.09. The summed E-state index contributed by atoms with van der Waals surface area (Å²) in [4.78, 5) is 12.0. The second-order valence-corrected chi connectivity index (χ2v) is 7.76. The highest BCUT2D eigenvalue weighted by atomic mass is 32.1. The number of carboxylic acid groups (broad SMARTS) is 1. The molecule has 0 aliphatic carbocycles. The average molecular weight is 447 g/mol. The van der Waals surface area contributed by atoms with E-state index < -0.39 is 24.3 Å². The summed E-state index contributed by atoms with van der Waals surface area (Å²) in [6.07, 6.45) is -3.93. The predicted octanol–water partition coefficient (Wildman–Crippen LogP) is 4.86. The molecule has 0 unspecified atom stereocenters. The van der Waals surface area contributed by atoms with Crippen LogP contribution in [0.3, 0.4) is 0 Å². The zero-order valence-corrected chi connectivity index (χ0v) is 17.0. The molecule has 0 aliphatic rings. The van der Waals surface area contributed by atoms with Crippen molar-refractivity contribution in [1.29, 1.82) is 0 Å². The molecule has 4 aromatic rings. The van der Waals surface area contributed by atoms with Crippen LogP contribution in [0.4, 0.5) is 13.2 Å². The van der Waals surface area contributed by atoms with Crippen LogP contribution in [0.15, 0.2) is 47.8 Å². The van der Waals surface area contributed by atoms with E-state index in [9.17, 15) is 18.0 Å². The van der Waals surface area contributed by atoms with Gasteiger partial charge in [0.05, 0.1) is 22.6 Å².